The van der Waals surface area contributed by atoms with E-state index in [0.29, 0.717) is 24.3 Å². The first-order valence-electron chi connectivity index (χ1n) is 11.8. The number of hydrogen-bond donors (Lipinski definition) is 1. The van der Waals surface area contributed by atoms with E-state index in [1.807, 2.05) is 60.4 Å². The van der Waals surface area contributed by atoms with Crippen molar-refractivity contribution >= 4 is 23.5 Å². The van der Waals surface area contributed by atoms with Gasteiger partial charge in [0.05, 0.1) is 19.0 Å². The van der Waals surface area contributed by atoms with Gasteiger partial charge in [-0.2, -0.15) is 9.61 Å². The van der Waals surface area contributed by atoms with Crippen LogP contribution < -0.4 is 5.73 Å². The van der Waals surface area contributed by atoms with Gasteiger partial charge in [0.2, 0.25) is 0 Å². The molecule has 4 aromatic rings. The number of rotatable bonds is 5. The van der Waals surface area contributed by atoms with Crippen LogP contribution in [-0.2, 0) is 27.9 Å². The standard InChI is InChI=1S/C26H28N6O4/c1-30-11-10-18(14-30)20-13-28-32-23(27)12-21(29-24(20)32)19-8-9-22(25(33)35-2)31(15-19)26(34)36-16-17-6-4-3-5-7-17/h3-7,10-14,19,22H,8-9,15-16,27H2,1-2H3. The summed E-state index contributed by atoms with van der Waals surface area (Å²) in [5.41, 5.74) is 10.4. The Morgan fingerprint density at radius 2 is 1.97 bits per heavy atom. The van der Waals surface area contributed by atoms with Crippen molar-refractivity contribution in [3.63, 3.8) is 0 Å². The summed E-state index contributed by atoms with van der Waals surface area (Å²) in [6.45, 7) is 0.368. The average Bonchev–Trinajstić information content (AvgIpc) is 3.53. The Bertz CT molecular complexity index is 1400. The van der Waals surface area contributed by atoms with Crippen LogP contribution in [0, 0.1) is 0 Å². The quantitative estimate of drug-likeness (QED) is 0.428. The number of aromatic nitrogens is 4. The third-order valence-electron chi connectivity index (χ3n) is 6.58. The van der Waals surface area contributed by atoms with Crippen molar-refractivity contribution in [2.24, 2.45) is 7.05 Å². The fraction of sp³-hybridized carbons (Fsp3) is 0.308. The molecule has 1 fully saturated rings. The molecule has 10 nitrogen and oxygen atoms in total. The summed E-state index contributed by atoms with van der Waals surface area (Å²) in [5.74, 6) is -0.151. The van der Waals surface area contributed by atoms with Crippen molar-refractivity contribution in [1.29, 1.82) is 0 Å². The molecule has 2 N–H and O–H groups in total. The van der Waals surface area contributed by atoms with Crippen molar-refractivity contribution in [3.05, 3.63) is 72.3 Å². The van der Waals surface area contributed by atoms with Crippen LogP contribution in [-0.4, -0.2) is 55.8 Å². The van der Waals surface area contributed by atoms with Gasteiger partial charge < -0.3 is 19.8 Å². The largest absolute Gasteiger partial charge is 0.467 e. The number of nitrogens with zero attached hydrogens (tertiary/aromatic N) is 5. The van der Waals surface area contributed by atoms with Crippen molar-refractivity contribution in [1.82, 2.24) is 24.1 Å². The molecule has 1 aliphatic heterocycles. The number of likely N-dealkylation sites (tertiary alicyclic amines) is 1. The Morgan fingerprint density at radius 1 is 1.17 bits per heavy atom. The lowest BCUT2D eigenvalue weighted by molar-refractivity contribution is -0.147. The third kappa shape index (κ3) is 4.49. The van der Waals surface area contributed by atoms with Gasteiger partial charge in [0.1, 0.15) is 18.5 Å². The second-order valence-corrected chi connectivity index (χ2v) is 8.97. The summed E-state index contributed by atoms with van der Waals surface area (Å²) >= 11 is 0. The number of esters is 1. The first-order chi connectivity index (χ1) is 17.4. The van der Waals surface area contributed by atoms with Gasteiger partial charge in [0.25, 0.3) is 0 Å². The van der Waals surface area contributed by atoms with Crippen molar-refractivity contribution in [2.75, 3.05) is 19.4 Å². The maximum Gasteiger partial charge on any atom is 0.410 e. The van der Waals surface area contributed by atoms with Crippen LogP contribution in [0.5, 0.6) is 0 Å². The molecular weight excluding hydrogens is 460 g/mol. The fourth-order valence-electron chi connectivity index (χ4n) is 4.68. The number of nitrogens with two attached hydrogens (primary N) is 1. The molecular formula is C26H28N6O4. The number of carbonyl (C=O) groups excluding carboxylic acids is 2. The van der Waals surface area contributed by atoms with Crippen LogP contribution in [0.1, 0.15) is 30.0 Å². The molecule has 5 rings (SSSR count). The molecule has 1 amide bonds. The summed E-state index contributed by atoms with van der Waals surface area (Å²) in [6.07, 6.45) is 6.20. The minimum Gasteiger partial charge on any atom is -0.467 e. The number of anilines is 1. The van der Waals surface area contributed by atoms with Gasteiger partial charge >= 0.3 is 12.1 Å². The molecule has 4 heterocycles. The summed E-state index contributed by atoms with van der Waals surface area (Å²) in [6, 6.07) is 12.5. The average molecular weight is 489 g/mol. The summed E-state index contributed by atoms with van der Waals surface area (Å²) in [4.78, 5) is 31.9. The monoisotopic (exact) mass is 488 g/mol. The molecule has 1 aliphatic rings. The zero-order chi connectivity index (χ0) is 25.2. The number of amides is 1. The van der Waals surface area contributed by atoms with Gasteiger partial charge in [-0.25, -0.2) is 14.6 Å². The second-order valence-electron chi connectivity index (χ2n) is 8.97. The smallest absolute Gasteiger partial charge is 0.410 e. The molecule has 2 unspecified atom stereocenters. The van der Waals surface area contributed by atoms with Crippen LogP contribution in [0.25, 0.3) is 16.8 Å². The number of aryl methyl sites for hydroxylation is 1. The van der Waals surface area contributed by atoms with E-state index in [2.05, 4.69) is 5.10 Å². The third-order valence-corrected chi connectivity index (χ3v) is 6.58. The van der Waals surface area contributed by atoms with E-state index in [1.54, 1.807) is 16.8 Å². The minimum absolute atomic E-state index is 0.113. The molecule has 0 spiro atoms. The highest BCUT2D eigenvalue weighted by Crippen LogP contribution is 2.33. The van der Waals surface area contributed by atoms with E-state index in [9.17, 15) is 9.59 Å². The van der Waals surface area contributed by atoms with Crippen molar-refractivity contribution < 1.29 is 19.1 Å². The van der Waals surface area contributed by atoms with Crippen LogP contribution in [0.2, 0.25) is 0 Å². The number of carbonyl (C=O) groups is 2. The van der Waals surface area contributed by atoms with Gasteiger partial charge in [-0.15, -0.1) is 0 Å². The summed E-state index contributed by atoms with van der Waals surface area (Å²) < 4.78 is 14.1. The van der Waals surface area contributed by atoms with Crippen LogP contribution in [0.3, 0.4) is 0 Å². The van der Waals surface area contributed by atoms with E-state index in [1.165, 1.54) is 12.0 Å². The number of nitrogen functional groups attached to an aromatic ring is 1. The van der Waals surface area contributed by atoms with Gasteiger partial charge in [-0.3, -0.25) is 4.90 Å². The molecule has 3 aromatic heterocycles. The molecule has 2 atom stereocenters. The van der Waals surface area contributed by atoms with Crippen molar-refractivity contribution in [2.45, 2.75) is 31.4 Å². The van der Waals surface area contributed by atoms with Crippen LogP contribution in [0.4, 0.5) is 10.6 Å². The zero-order valence-corrected chi connectivity index (χ0v) is 20.2. The summed E-state index contributed by atoms with van der Waals surface area (Å²) in [5, 5.41) is 4.41. The van der Waals surface area contributed by atoms with E-state index in [4.69, 9.17) is 20.2 Å². The lowest BCUT2D eigenvalue weighted by Gasteiger charge is -2.37. The Kier molecular flexibility index (Phi) is 6.32. The number of fused-ring (bicyclic) bond motifs is 1. The van der Waals surface area contributed by atoms with Crippen LogP contribution in [0.15, 0.2) is 61.1 Å². The molecule has 1 saturated heterocycles. The Morgan fingerprint density at radius 3 is 2.69 bits per heavy atom. The summed E-state index contributed by atoms with van der Waals surface area (Å²) in [7, 11) is 3.27. The normalized spacial score (nSPS) is 17.8. The fourth-order valence-corrected chi connectivity index (χ4v) is 4.68. The highest BCUT2D eigenvalue weighted by Gasteiger charge is 2.39. The lowest BCUT2D eigenvalue weighted by Crippen LogP contribution is -2.50. The first-order valence-corrected chi connectivity index (χ1v) is 11.8. The molecule has 186 valence electrons. The van der Waals surface area contributed by atoms with E-state index in [0.717, 1.165) is 22.4 Å². The van der Waals surface area contributed by atoms with E-state index < -0.39 is 18.1 Å². The zero-order valence-electron chi connectivity index (χ0n) is 20.2. The molecule has 0 aliphatic carbocycles. The van der Waals surface area contributed by atoms with Gasteiger partial charge in [-0.1, -0.05) is 30.3 Å². The molecule has 0 saturated carbocycles. The van der Waals surface area contributed by atoms with Gasteiger partial charge in [0, 0.05) is 49.1 Å². The maximum atomic E-state index is 13.1. The number of ether oxygens (including phenoxy) is 2. The van der Waals surface area contributed by atoms with E-state index >= 15 is 0 Å². The Labute approximate surface area is 208 Å². The molecule has 0 radical (unpaired) electrons. The number of benzene rings is 1. The molecule has 0 bridgehead atoms. The second kappa shape index (κ2) is 9.73. The lowest BCUT2D eigenvalue weighted by atomic mass is 9.90. The predicted octanol–water partition coefficient (Wildman–Crippen LogP) is 3.37. The minimum atomic E-state index is -0.717. The molecule has 36 heavy (non-hydrogen) atoms. The van der Waals surface area contributed by atoms with E-state index in [-0.39, 0.29) is 19.1 Å². The topological polar surface area (TPSA) is 117 Å². The Balaban J connectivity index is 1.42. The van der Waals surface area contributed by atoms with Crippen molar-refractivity contribution in [3.8, 4) is 11.1 Å². The highest BCUT2D eigenvalue weighted by molar-refractivity contribution is 5.82. The Hall–Kier alpha value is -4.34. The van der Waals surface area contributed by atoms with Gasteiger partial charge in [0.15, 0.2) is 5.65 Å². The number of piperidine rings is 1. The molecule has 1 aromatic carbocycles. The number of hydrogen-bond acceptors (Lipinski definition) is 7. The highest BCUT2D eigenvalue weighted by atomic mass is 16.6. The van der Waals surface area contributed by atoms with Crippen LogP contribution >= 0.6 is 0 Å². The number of methoxy groups -OCH3 is 1. The predicted molar refractivity (Wildman–Crippen MR) is 133 cm³/mol. The van der Waals surface area contributed by atoms with Gasteiger partial charge in [-0.05, 0) is 24.5 Å². The molecule has 10 heteroatoms. The SMILES string of the molecule is COC(=O)C1CCC(c2cc(N)n3ncc(-c4ccn(C)c4)c3n2)CN1C(=O)OCc1ccccc1. The first kappa shape index (κ1) is 23.4. The maximum absolute atomic E-state index is 13.1.